The van der Waals surface area contributed by atoms with Crippen molar-refractivity contribution >= 4 is 23.1 Å². The van der Waals surface area contributed by atoms with Crippen LogP contribution in [0.4, 0.5) is 40.7 Å². The van der Waals surface area contributed by atoms with Crippen LogP contribution in [0.25, 0.3) is 0 Å². The molecule has 0 aliphatic heterocycles. The molecule has 2 N–H and O–H groups in total. The lowest BCUT2D eigenvalue weighted by Crippen LogP contribution is -2.10. The number of hydrogen-bond donors (Lipinski definition) is 2. The van der Waals surface area contributed by atoms with Crippen LogP contribution >= 0.6 is 0 Å². The van der Waals surface area contributed by atoms with Crippen LogP contribution in [0, 0.1) is 11.7 Å². The molecule has 0 unspecified atom stereocenters. The molecule has 2 aromatic heterocycles. The third-order valence-corrected chi connectivity index (χ3v) is 4.11. The standard InChI is InChI=1S/C21H21F4N7/c1-13(2)9-27-19-18(22)12-28-20(31-19)32-29-11-16-6-7-17(10-26-16)30-15-5-3-4-14(8-15)21(23,24)25/h3-8,10,12-13,30H,9,11H2,1-2H3,(H,27,28,31). The summed E-state index contributed by atoms with van der Waals surface area (Å²) >= 11 is 0. The third kappa shape index (κ3) is 6.69. The summed E-state index contributed by atoms with van der Waals surface area (Å²) in [7, 11) is 0. The molecule has 0 aliphatic rings. The number of alkyl halides is 3. The van der Waals surface area contributed by atoms with E-state index in [4.69, 9.17) is 0 Å². The fraction of sp³-hybridized carbons (Fsp3) is 0.286. The van der Waals surface area contributed by atoms with Crippen LogP contribution in [-0.4, -0.2) is 21.5 Å². The van der Waals surface area contributed by atoms with Gasteiger partial charge in [-0.3, -0.25) is 4.98 Å². The van der Waals surface area contributed by atoms with E-state index in [0.29, 0.717) is 29.5 Å². The van der Waals surface area contributed by atoms with Gasteiger partial charge in [0, 0.05) is 12.2 Å². The van der Waals surface area contributed by atoms with E-state index in [1.807, 2.05) is 13.8 Å². The molecule has 0 radical (unpaired) electrons. The molecule has 0 saturated carbocycles. The van der Waals surface area contributed by atoms with E-state index in [9.17, 15) is 17.6 Å². The molecule has 0 spiro atoms. The lowest BCUT2D eigenvalue weighted by atomic mass is 10.2. The highest BCUT2D eigenvalue weighted by atomic mass is 19.4. The lowest BCUT2D eigenvalue weighted by Gasteiger charge is -2.10. The van der Waals surface area contributed by atoms with E-state index in [1.54, 1.807) is 12.1 Å². The Morgan fingerprint density at radius 1 is 1.03 bits per heavy atom. The van der Waals surface area contributed by atoms with Gasteiger partial charge < -0.3 is 10.6 Å². The summed E-state index contributed by atoms with van der Waals surface area (Å²) in [5.41, 5.74) is 0.652. The Balaban J connectivity index is 1.59. The molecule has 3 rings (SSSR count). The fourth-order valence-corrected chi connectivity index (χ4v) is 2.53. The molecule has 0 aliphatic carbocycles. The number of nitrogens with zero attached hydrogens (tertiary/aromatic N) is 5. The minimum atomic E-state index is -4.41. The zero-order chi connectivity index (χ0) is 23.1. The predicted molar refractivity (Wildman–Crippen MR) is 113 cm³/mol. The minimum Gasteiger partial charge on any atom is -0.367 e. The topological polar surface area (TPSA) is 87.5 Å². The number of rotatable bonds is 8. The van der Waals surface area contributed by atoms with Crippen molar-refractivity contribution < 1.29 is 17.6 Å². The number of pyridine rings is 1. The van der Waals surface area contributed by atoms with E-state index in [2.05, 4.69) is 35.8 Å². The molecular formula is C21H21F4N7. The van der Waals surface area contributed by atoms with E-state index in [0.717, 1.165) is 18.3 Å². The molecule has 0 atom stereocenters. The number of azo groups is 1. The molecule has 2 heterocycles. The average Bonchev–Trinajstić information content (AvgIpc) is 2.75. The summed E-state index contributed by atoms with van der Waals surface area (Å²) in [5.74, 6) is -0.187. The number of anilines is 3. The smallest absolute Gasteiger partial charge is 0.367 e. The van der Waals surface area contributed by atoms with Crippen LogP contribution in [0.5, 0.6) is 0 Å². The SMILES string of the molecule is CC(C)CNc1nc(N=NCc2ccc(Nc3cccc(C(F)(F)F)c3)cn2)ncc1F. The summed E-state index contributed by atoms with van der Waals surface area (Å²) in [6.45, 7) is 4.65. The van der Waals surface area contributed by atoms with Gasteiger partial charge in [0.25, 0.3) is 5.95 Å². The minimum absolute atomic E-state index is 0.0143. The Bertz CT molecular complexity index is 1070. The number of hydrogen-bond acceptors (Lipinski definition) is 7. The Morgan fingerprint density at radius 3 is 2.53 bits per heavy atom. The molecule has 168 valence electrons. The van der Waals surface area contributed by atoms with Gasteiger partial charge in [0.2, 0.25) is 0 Å². The number of halogens is 4. The predicted octanol–water partition coefficient (Wildman–Crippen LogP) is 6.12. The van der Waals surface area contributed by atoms with Crippen LogP contribution in [0.1, 0.15) is 25.1 Å². The Hall–Kier alpha value is -3.63. The molecule has 1 aromatic carbocycles. The highest BCUT2D eigenvalue weighted by Crippen LogP contribution is 2.31. The summed E-state index contributed by atoms with van der Waals surface area (Å²) in [6.07, 6.45) is -1.91. The molecule has 11 heteroatoms. The van der Waals surface area contributed by atoms with Crippen LogP contribution in [0.2, 0.25) is 0 Å². The zero-order valence-electron chi connectivity index (χ0n) is 17.4. The second-order valence-electron chi connectivity index (χ2n) is 7.28. The Kier molecular flexibility index (Phi) is 7.29. The van der Waals surface area contributed by atoms with Crippen molar-refractivity contribution in [2.45, 2.75) is 26.6 Å². The third-order valence-electron chi connectivity index (χ3n) is 4.11. The van der Waals surface area contributed by atoms with Crippen molar-refractivity contribution in [2.24, 2.45) is 16.1 Å². The molecule has 0 saturated heterocycles. The Morgan fingerprint density at radius 2 is 1.84 bits per heavy atom. The van der Waals surface area contributed by atoms with E-state index >= 15 is 0 Å². The molecule has 3 aromatic rings. The average molecular weight is 447 g/mol. The van der Waals surface area contributed by atoms with Gasteiger partial charge in [0.1, 0.15) is 6.54 Å². The number of aromatic nitrogens is 3. The molecule has 7 nitrogen and oxygen atoms in total. The first-order valence-electron chi connectivity index (χ1n) is 9.74. The quantitative estimate of drug-likeness (QED) is 0.321. The summed E-state index contributed by atoms with van der Waals surface area (Å²) in [5, 5.41) is 13.6. The maximum absolute atomic E-state index is 13.8. The van der Waals surface area contributed by atoms with Crippen LogP contribution in [-0.2, 0) is 12.7 Å². The van der Waals surface area contributed by atoms with Crippen molar-refractivity contribution in [2.75, 3.05) is 17.2 Å². The summed E-state index contributed by atoms with van der Waals surface area (Å²) in [4.78, 5) is 12.0. The van der Waals surface area contributed by atoms with Crippen molar-refractivity contribution in [3.05, 3.63) is 65.9 Å². The maximum atomic E-state index is 13.8. The first-order valence-corrected chi connectivity index (χ1v) is 9.74. The van der Waals surface area contributed by atoms with Crippen molar-refractivity contribution in [3.8, 4) is 0 Å². The summed E-state index contributed by atoms with van der Waals surface area (Å²) in [6, 6.07) is 8.22. The first-order chi connectivity index (χ1) is 15.2. The first kappa shape index (κ1) is 23.0. The molecule has 0 fully saturated rings. The maximum Gasteiger partial charge on any atom is 0.416 e. The van der Waals surface area contributed by atoms with E-state index < -0.39 is 17.6 Å². The summed E-state index contributed by atoms with van der Waals surface area (Å²) < 4.78 is 52.2. The Labute approximate surface area is 182 Å². The lowest BCUT2D eigenvalue weighted by molar-refractivity contribution is -0.137. The number of nitrogens with one attached hydrogen (secondary N) is 2. The second kappa shape index (κ2) is 10.1. The van der Waals surface area contributed by atoms with Crippen molar-refractivity contribution in [1.82, 2.24) is 15.0 Å². The van der Waals surface area contributed by atoms with Gasteiger partial charge in [0.15, 0.2) is 11.6 Å². The largest absolute Gasteiger partial charge is 0.416 e. The highest BCUT2D eigenvalue weighted by molar-refractivity contribution is 5.59. The monoisotopic (exact) mass is 447 g/mol. The normalized spacial score (nSPS) is 11.8. The van der Waals surface area contributed by atoms with Gasteiger partial charge in [-0.1, -0.05) is 19.9 Å². The van der Waals surface area contributed by atoms with Gasteiger partial charge in [0.05, 0.1) is 29.3 Å². The highest BCUT2D eigenvalue weighted by Gasteiger charge is 2.30. The molecule has 0 amide bonds. The van der Waals surface area contributed by atoms with E-state index in [1.165, 1.54) is 18.3 Å². The molecule has 0 bridgehead atoms. The molecule has 32 heavy (non-hydrogen) atoms. The van der Waals surface area contributed by atoms with Gasteiger partial charge in [-0.05, 0) is 36.2 Å². The van der Waals surface area contributed by atoms with Crippen LogP contribution < -0.4 is 10.6 Å². The fourth-order valence-electron chi connectivity index (χ4n) is 2.53. The van der Waals surface area contributed by atoms with Crippen molar-refractivity contribution in [3.63, 3.8) is 0 Å². The van der Waals surface area contributed by atoms with Crippen LogP contribution in [0.15, 0.2) is 59.0 Å². The van der Waals surface area contributed by atoms with Gasteiger partial charge in [-0.25, -0.2) is 9.37 Å². The molecular weight excluding hydrogens is 426 g/mol. The second-order valence-corrected chi connectivity index (χ2v) is 7.28. The number of benzene rings is 1. The van der Waals surface area contributed by atoms with Gasteiger partial charge in [-0.2, -0.15) is 23.3 Å². The van der Waals surface area contributed by atoms with Crippen LogP contribution in [0.3, 0.4) is 0 Å². The van der Waals surface area contributed by atoms with Crippen molar-refractivity contribution in [1.29, 1.82) is 0 Å². The van der Waals surface area contributed by atoms with E-state index in [-0.39, 0.29) is 18.3 Å². The van der Waals surface area contributed by atoms with Gasteiger partial charge in [-0.15, -0.1) is 5.11 Å². The zero-order valence-corrected chi connectivity index (χ0v) is 17.4. The van der Waals surface area contributed by atoms with Gasteiger partial charge >= 0.3 is 6.18 Å².